The average Bonchev–Trinajstić information content (AvgIpc) is 2.31. The fraction of sp³-hybridized carbons (Fsp3) is 0. The molecule has 5 heteroatoms. The van der Waals surface area contributed by atoms with Gasteiger partial charge in [0.05, 0.1) is 15.7 Å². The highest BCUT2D eigenvalue weighted by Gasteiger charge is 1.97. The first-order chi connectivity index (χ1) is 8.15. The zero-order valence-corrected chi connectivity index (χ0v) is 11.6. The summed E-state index contributed by atoms with van der Waals surface area (Å²) < 4.78 is 0. The molecular weight excluding hydrogens is 291 g/mol. The molecule has 0 saturated heterocycles. The van der Waals surface area contributed by atoms with Gasteiger partial charge in [-0.25, -0.2) is 4.98 Å². The van der Waals surface area contributed by atoms with Gasteiger partial charge in [-0.2, -0.15) is 0 Å². The van der Waals surface area contributed by atoms with Crippen LogP contribution in [0.4, 0.5) is 5.82 Å². The van der Waals surface area contributed by atoms with E-state index < -0.39 is 0 Å². The summed E-state index contributed by atoms with van der Waals surface area (Å²) in [4.78, 5) is 4.16. The van der Waals surface area contributed by atoms with E-state index in [9.17, 15) is 0 Å². The number of pyridine rings is 1. The lowest BCUT2D eigenvalue weighted by Gasteiger charge is -1.98. The van der Waals surface area contributed by atoms with Gasteiger partial charge in [0.2, 0.25) is 0 Å². The molecule has 94 valence electrons. The van der Waals surface area contributed by atoms with Gasteiger partial charge in [0.15, 0.2) is 0 Å². The van der Waals surface area contributed by atoms with E-state index in [1.165, 1.54) is 0 Å². The standard InChI is InChI=1S/C13H10Cl2N2.ClH/c14-11-7-5-9(8-12(11)15)4-6-10-2-1-3-13(16)17-10;/h1-8H,(H2,16,17);1H/b6-4+;. The van der Waals surface area contributed by atoms with Crippen LogP contribution in [0.3, 0.4) is 0 Å². The molecular formula is C13H11Cl3N2. The lowest BCUT2D eigenvalue weighted by Crippen LogP contribution is -1.90. The third kappa shape index (κ3) is 3.91. The summed E-state index contributed by atoms with van der Waals surface area (Å²) in [6.45, 7) is 0. The van der Waals surface area contributed by atoms with Gasteiger partial charge in [-0.1, -0.05) is 41.4 Å². The van der Waals surface area contributed by atoms with Crippen molar-refractivity contribution >= 4 is 53.6 Å². The number of nitrogen functional groups attached to an aromatic ring is 1. The first-order valence-electron chi connectivity index (χ1n) is 5.01. The number of benzene rings is 1. The van der Waals surface area contributed by atoms with Crippen molar-refractivity contribution in [1.29, 1.82) is 0 Å². The molecule has 2 rings (SSSR count). The summed E-state index contributed by atoms with van der Waals surface area (Å²) in [7, 11) is 0. The lowest BCUT2D eigenvalue weighted by atomic mass is 10.2. The topological polar surface area (TPSA) is 38.9 Å². The van der Waals surface area contributed by atoms with E-state index >= 15 is 0 Å². The van der Waals surface area contributed by atoms with Crippen molar-refractivity contribution < 1.29 is 0 Å². The third-order valence-corrected chi connectivity index (χ3v) is 2.92. The summed E-state index contributed by atoms with van der Waals surface area (Å²) in [5.41, 5.74) is 7.35. The van der Waals surface area contributed by atoms with Crippen LogP contribution in [0.25, 0.3) is 12.2 Å². The summed E-state index contributed by atoms with van der Waals surface area (Å²) >= 11 is 11.8. The molecule has 0 spiro atoms. The van der Waals surface area contributed by atoms with E-state index in [1.807, 2.05) is 30.4 Å². The number of nitrogens with two attached hydrogens (primary N) is 1. The van der Waals surface area contributed by atoms with Gasteiger partial charge < -0.3 is 5.73 Å². The smallest absolute Gasteiger partial charge is 0.124 e. The Labute approximate surface area is 122 Å². The van der Waals surface area contributed by atoms with E-state index in [-0.39, 0.29) is 12.4 Å². The van der Waals surface area contributed by atoms with Crippen molar-refractivity contribution in [3.8, 4) is 0 Å². The minimum Gasteiger partial charge on any atom is -0.384 e. The van der Waals surface area contributed by atoms with Crippen LogP contribution < -0.4 is 5.73 Å². The van der Waals surface area contributed by atoms with E-state index in [0.29, 0.717) is 15.9 Å². The highest BCUT2D eigenvalue weighted by Crippen LogP contribution is 2.23. The molecule has 0 amide bonds. The first kappa shape index (κ1) is 14.8. The maximum atomic E-state index is 5.92. The van der Waals surface area contributed by atoms with Crippen LogP contribution in [0, 0.1) is 0 Å². The molecule has 1 aromatic carbocycles. The molecule has 0 radical (unpaired) electrons. The predicted molar refractivity (Wildman–Crippen MR) is 81.3 cm³/mol. The molecule has 0 aliphatic carbocycles. The van der Waals surface area contributed by atoms with Crippen LogP contribution in [0.5, 0.6) is 0 Å². The van der Waals surface area contributed by atoms with Crippen LogP contribution in [0.15, 0.2) is 36.4 Å². The van der Waals surface area contributed by atoms with E-state index in [1.54, 1.807) is 18.2 Å². The fourth-order valence-electron chi connectivity index (χ4n) is 1.36. The average molecular weight is 302 g/mol. The molecule has 0 aliphatic rings. The molecule has 2 aromatic rings. The van der Waals surface area contributed by atoms with Gasteiger partial charge in [0, 0.05) is 0 Å². The number of nitrogens with zero attached hydrogens (tertiary/aromatic N) is 1. The van der Waals surface area contributed by atoms with Crippen molar-refractivity contribution in [3.05, 3.63) is 57.7 Å². The molecule has 0 fully saturated rings. The second-order valence-corrected chi connectivity index (χ2v) is 4.31. The van der Waals surface area contributed by atoms with Crippen molar-refractivity contribution in [2.45, 2.75) is 0 Å². The number of hydrogen-bond acceptors (Lipinski definition) is 2. The van der Waals surface area contributed by atoms with E-state index in [2.05, 4.69) is 4.98 Å². The Hall–Kier alpha value is -1.22. The van der Waals surface area contributed by atoms with E-state index in [4.69, 9.17) is 28.9 Å². The number of rotatable bonds is 2. The minimum atomic E-state index is 0. The van der Waals surface area contributed by atoms with Crippen molar-refractivity contribution in [2.75, 3.05) is 5.73 Å². The molecule has 0 unspecified atom stereocenters. The molecule has 0 saturated carbocycles. The van der Waals surface area contributed by atoms with Crippen LogP contribution in [-0.4, -0.2) is 4.98 Å². The van der Waals surface area contributed by atoms with Crippen LogP contribution in [0.2, 0.25) is 10.0 Å². The van der Waals surface area contributed by atoms with Crippen LogP contribution in [0.1, 0.15) is 11.3 Å². The van der Waals surface area contributed by atoms with Crippen molar-refractivity contribution in [2.24, 2.45) is 0 Å². The Morgan fingerprint density at radius 2 is 1.78 bits per heavy atom. The van der Waals surface area contributed by atoms with Gasteiger partial charge in [0.1, 0.15) is 5.82 Å². The Bertz CT molecular complexity index is 568. The normalized spacial score (nSPS) is 10.3. The van der Waals surface area contributed by atoms with E-state index in [0.717, 1.165) is 11.3 Å². The van der Waals surface area contributed by atoms with Crippen LogP contribution in [-0.2, 0) is 0 Å². The van der Waals surface area contributed by atoms with Crippen molar-refractivity contribution in [3.63, 3.8) is 0 Å². The summed E-state index contributed by atoms with van der Waals surface area (Å²) in [5.74, 6) is 0.501. The molecule has 0 aliphatic heterocycles. The SMILES string of the molecule is Cl.Nc1cccc(/C=C/c2ccc(Cl)c(Cl)c2)n1. The Kier molecular flexibility index (Phi) is 5.48. The third-order valence-electron chi connectivity index (χ3n) is 2.18. The zero-order valence-electron chi connectivity index (χ0n) is 9.31. The molecule has 0 bridgehead atoms. The van der Waals surface area contributed by atoms with Gasteiger partial charge in [-0.3, -0.25) is 0 Å². The predicted octanol–water partition coefficient (Wildman–Crippen LogP) is 4.56. The van der Waals surface area contributed by atoms with Crippen molar-refractivity contribution in [1.82, 2.24) is 4.98 Å². The second-order valence-electron chi connectivity index (χ2n) is 3.49. The highest BCUT2D eigenvalue weighted by atomic mass is 35.5. The quantitative estimate of drug-likeness (QED) is 0.883. The lowest BCUT2D eigenvalue weighted by molar-refractivity contribution is 1.31. The summed E-state index contributed by atoms with van der Waals surface area (Å²) in [6, 6.07) is 10.9. The second kappa shape index (κ2) is 6.64. The summed E-state index contributed by atoms with van der Waals surface area (Å²) in [5, 5.41) is 1.08. The van der Waals surface area contributed by atoms with Gasteiger partial charge in [-0.15, -0.1) is 12.4 Å². The molecule has 2 N–H and O–H groups in total. The number of anilines is 1. The monoisotopic (exact) mass is 300 g/mol. The molecule has 1 heterocycles. The zero-order chi connectivity index (χ0) is 12.3. The Morgan fingerprint density at radius 3 is 2.44 bits per heavy atom. The molecule has 18 heavy (non-hydrogen) atoms. The maximum Gasteiger partial charge on any atom is 0.124 e. The summed E-state index contributed by atoms with van der Waals surface area (Å²) in [6.07, 6.45) is 3.78. The highest BCUT2D eigenvalue weighted by molar-refractivity contribution is 6.42. The Balaban J connectivity index is 0.00000162. The van der Waals surface area contributed by atoms with Crippen LogP contribution >= 0.6 is 35.6 Å². The van der Waals surface area contributed by atoms with Gasteiger partial charge in [-0.05, 0) is 35.9 Å². The maximum absolute atomic E-state index is 5.92. The molecule has 2 nitrogen and oxygen atoms in total. The number of halogens is 3. The van der Waals surface area contributed by atoms with Gasteiger partial charge >= 0.3 is 0 Å². The Morgan fingerprint density at radius 1 is 1.00 bits per heavy atom. The molecule has 0 atom stereocenters. The number of hydrogen-bond donors (Lipinski definition) is 1. The minimum absolute atomic E-state index is 0. The van der Waals surface area contributed by atoms with Gasteiger partial charge in [0.25, 0.3) is 0 Å². The molecule has 1 aromatic heterocycles. The fourth-order valence-corrected chi connectivity index (χ4v) is 1.67. The first-order valence-corrected chi connectivity index (χ1v) is 5.76. The number of aromatic nitrogens is 1. The largest absolute Gasteiger partial charge is 0.384 e.